The van der Waals surface area contributed by atoms with Gasteiger partial charge in [0.2, 0.25) is 0 Å². The Morgan fingerprint density at radius 3 is 2.94 bits per heavy atom. The van der Waals surface area contributed by atoms with Crippen LogP contribution in [0.5, 0.6) is 0 Å². The van der Waals surface area contributed by atoms with Gasteiger partial charge in [0, 0.05) is 23.1 Å². The molecule has 1 aliphatic heterocycles. The highest BCUT2D eigenvalue weighted by Gasteiger charge is 2.18. The predicted octanol–water partition coefficient (Wildman–Crippen LogP) is 1.37. The summed E-state index contributed by atoms with van der Waals surface area (Å²) in [7, 11) is 0. The number of H-pyrrole nitrogens is 1. The second-order valence-corrected chi connectivity index (χ2v) is 4.12. The van der Waals surface area contributed by atoms with Gasteiger partial charge in [-0.15, -0.1) is 0 Å². The maximum atomic E-state index is 11.6. The minimum atomic E-state index is -1.11. The lowest BCUT2D eigenvalue weighted by Crippen LogP contribution is -2.18. The number of nitrogens with one attached hydrogen (secondary N) is 2. The number of ether oxygens (including phenoxy) is 1. The van der Waals surface area contributed by atoms with Crippen LogP contribution in [-0.4, -0.2) is 23.6 Å². The summed E-state index contributed by atoms with van der Waals surface area (Å²) in [5.41, 5.74) is 8.13. The number of amides is 1. The second kappa shape index (κ2) is 3.76. The van der Waals surface area contributed by atoms with Gasteiger partial charge < -0.3 is 20.8 Å². The molecule has 18 heavy (non-hydrogen) atoms. The van der Waals surface area contributed by atoms with Crippen molar-refractivity contribution in [3.8, 4) is 0 Å². The number of nitrogens with two attached hydrogens (primary N) is 1. The largest absolute Gasteiger partial charge is 0.412 e. The van der Waals surface area contributed by atoms with Gasteiger partial charge in [-0.05, 0) is 30.2 Å². The van der Waals surface area contributed by atoms with E-state index in [1.807, 2.05) is 12.1 Å². The minimum Gasteiger partial charge on any atom is -0.384 e. The van der Waals surface area contributed by atoms with Crippen molar-refractivity contribution in [1.29, 1.82) is 0 Å². The number of primary amides is 1. The fourth-order valence-corrected chi connectivity index (χ4v) is 2.28. The molecule has 0 fully saturated rings. The number of fused-ring (bicyclic) bond motifs is 3. The van der Waals surface area contributed by atoms with Gasteiger partial charge in [-0.2, -0.15) is 0 Å². The van der Waals surface area contributed by atoms with Crippen LogP contribution in [0.25, 0.3) is 10.9 Å². The van der Waals surface area contributed by atoms with Crippen LogP contribution in [0.2, 0.25) is 0 Å². The van der Waals surface area contributed by atoms with E-state index in [0.717, 1.165) is 29.6 Å². The zero-order valence-corrected chi connectivity index (χ0v) is 9.45. The summed E-state index contributed by atoms with van der Waals surface area (Å²) in [5, 5.41) is 4.23. The second-order valence-electron chi connectivity index (χ2n) is 4.12. The fourth-order valence-electron chi connectivity index (χ4n) is 2.28. The molecule has 2 aromatic rings. The van der Waals surface area contributed by atoms with Crippen molar-refractivity contribution >= 4 is 28.7 Å². The predicted molar refractivity (Wildman–Crippen MR) is 65.5 cm³/mol. The van der Waals surface area contributed by atoms with E-state index in [4.69, 9.17) is 5.73 Å². The third-order valence-electron chi connectivity index (χ3n) is 3.02. The number of anilines is 1. The molecule has 0 saturated heterocycles. The summed E-state index contributed by atoms with van der Waals surface area (Å²) >= 11 is 0. The molecule has 0 aliphatic carbocycles. The molecule has 0 unspecified atom stereocenters. The number of hydrogen-bond donors (Lipinski definition) is 3. The third-order valence-corrected chi connectivity index (χ3v) is 3.02. The number of esters is 1. The molecule has 1 aromatic carbocycles. The average Bonchev–Trinajstić information content (AvgIpc) is 2.93. The van der Waals surface area contributed by atoms with Gasteiger partial charge in [-0.3, -0.25) is 0 Å². The Balaban J connectivity index is 2.06. The molecule has 2 heterocycles. The van der Waals surface area contributed by atoms with Crippen LogP contribution in [0.15, 0.2) is 18.2 Å². The van der Waals surface area contributed by atoms with Crippen molar-refractivity contribution < 1.29 is 14.3 Å². The monoisotopic (exact) mass is 245 g/mol. The van der Waals surface area contributed by atoms with Crippen molar-refractivity contribution in [3.63, 3.8) is 0 Å². The van der Waals surface area contributed by atoms with Crippen LogP contribution >= 0.6 is 0 Å². The molecule has 1 amide bonds. The smallest absolute Gasteiger partial charge is 0.384 e. The molecule has 1 aromatic heterocycles. The summed E-state index contributed by atoms with van der Waals surface area (Å²) in [6, 6.07) is 5.53. The molecule has 0 radical (unpaired) electrons. The van der Waals surface area contributed by atoms with Gasteiger partial charge in [0.25, 0.3) is 0 Å². The Bertz CT molecular complexity index is 660. The van der Waals surface area contributed by atoms with Crippen LogP contribution in [-0.2, 0) is 11.2 Å². The van der Waals surface area contributed by atoms with E-state index in [1.54, 1.807) is 6.07 Å². The van der Waals surface area contributed by atoms with Crippen molar-refractivity contribution in [2.75, 3.05) is 11.9 Å². The van der Waals surface area contributed by atoms with Crippen LogP contribution in [0, 0.1) is 0 Å². The lowest BCUT2D eigenvalue weighted by molar-refractivity contribution is 0.0633. The number of carbonyl (C=O) groups is 2. The van der Waals surface area contributed by atoms with Crippen molar-refractivity contribution in [1.82, 2.24) is 4.98 Å². The highest BCUT2D eigenvalue weighted by Crippen LogP contribution is 2.30. The summed E-state index contributed by atoms with van der Waals surface area (Å²) in [6.07, 6.45) is -0.194. The molecular formula is C12H11N3O3. The number of hydrogen-bond acceptors (Lipinski definition) is 4. The van der Waals surface area contributed by atoms with E-state index in [1.165, 1.54) is 5.56 Å². The lowest BCUT2D eigenvalue weighted by atomic mass is 10.1. The first-order chi connectivity index (χ1) is 8.65. The maximum absolute atomic E-state index is 11.6. The molecule has 6 nitrogen and oxygen atoms in total. The quantitative estimate of drug-likeness (QED) is 0.522. The molecule has 0 bridgehead atoms. The van der Waals surface area contributed by atoms with Crippen LogP contribution in [0.3, 0.4) is 0 Å². The van der Waals surface area contributed by atoms with Gasteiger partial charge >= 0.3 is 12.1 Å². The zero-order valence-electron chi connectivity index (χ0n) is 9.45. The SMILES string of the molecule is NC(=O)OC(=O)c1cc2c3c(ccc2[nH]1)NCC3. The van der Waals surface area contributed by atoms with E-state index in [2.05, 4.69) is 15.0 Å². The van der Waals surface area contributed by atoms with Crippen molar-refractivity contribution in [2.24, 2.45) is 5.73 Å². The van der Waals surface area contributed by atoms with Crippen LogP contribution in [0.4, 0.5) is 10.5 Å². The summed E-state index contributed by atoms with van der Waals surface area (Å²) in [4.78, 5) is 25.0. The number of benzene rings is 1. The Kier molecular flexibility index (Phi) is 2.22. The van der Waals surface area contributed by atoms with Gasteiger partial charge in [0.1, 0.15) is 5.69 Å². The van der Waals surface area contributed by atoms with Gasteiger partial charge in [0.05, 0.1) is 0 Å². The molecule has 1 aliphatic rings. The molecule has 6 heteroatoms. The van der Waals surface area contributed by atoms with Crippen LogP contribution < -0.4 is 11.1 Å². The molecule has 0 saturated carbocycles. The summed E-state index contributed by atoms with van der Waals surface area (Å²) in [5.74, 6) is -0.765. The first-order valence-electron chi connectivity index (χ1n) is 5.55. The third kappa shape index (κ3) is 1.58. The Morgan fingerprint density at radius 1 is 1.33 bits per heavy atom. The zero-order chi connectivity index (χ0) is 12.7. The van der Waals surface area contributed by atoms with E-state index in [9.17, 15) is 9.59 Å². The minimum absolute atomic E-state index is 0.226. The number of carbonyl (C=O) groups excluding carboxylic acids is 2. The van der Waals surface area contributed by atoms with Crippen LogP contribution in [0.1, 0.15) is 16.1 Å². The van der Waals surface area contributed by atoms with E-state index in [-0.39, 0.29) is 5.69 Å². The number of aromatic amines is 1. The Labute approximate surface area is 102 Å². The van der Waals surface area contributed by atoms with E-state index >= 15 is 0 Å². The summed E-state index contributed by atoms with van der Waals surface area (Å²) in [6.45, 7) is 0.890. The van der Waals surface area contributed by atoms with Crippen molar-refractivity contribution in [2.45, 2.75) is 6.42 Å². The number of rotatable bonds is 1. The van der Waals surface area contributed by atoms with Crippen molar-refractivity contribution in [3.05, 3.63) is 29.5 Å². The Hall–Kier alpha value is -2.50. The first kappa shape index (κ1) is 10.6. The Morgan fingerprint density at radius 2 is 2.17 bits per heavy atom. The molecule has 92 valence electrons. The summed E-state index contributed by atoms with van der Waals surface area (Å²) < 4.78 is 4.34. The standard InChI is InChI=1S/C12H11N3O3/c13-12(17)18-11(16)10-5-7-6-3-4-14-8(6)1-2-9(7)15-10/h1-2,5,14-15H,3-4H2,(H2,13,17). The van der Waals surface area contributed by atoms with Gasteiger partial charge in [-0.1, -0.05) is 0 Å². The molecule has 0 atom stereocenters. The molecule has 4 N–H and O–H groups in total. The van der Waals surface area contributed by atoms with Gasteiger partial charge in [-0.25, -0.2) is 9.59 Å². The van der Waals surface area contributed by atoms with E-state index in [0.29, 0.717) is 0 Å². The fraction of sp³-hybridized carbons (Fsp3) is 0.167. The maximum Gasteiger partial charge on any atom is 0.412 e. The highest BCUT2D eigenvalue weighted by molar-refractivity contribution is 6.00. The average molecular weight is 245 g/mol. The normalized spacial score (nSPS) is 13.1. The molecule has 3 rings (SSSR count). The van der Waals surface area contributed by atoms with Gasteiger partial charge in [0.15, 0.2) is 0 Å². The highest BCUT2D eigenvalue weighted by atomic mass is 16.6. The number of aromatic nitrogens is 1. The topological polar surface area (TPSA) is 97.2 Å². The first-order valence-corrected chi connectivity index (χ1v) is 5.55. The molecular weight excluding hydrogens is 234 g/mol. The lowest BCUT2D eigenvalue weighted by Gasteiger charge is -1.99. The molecule has 0 spiro atoms. The van der Waals surface area contributed by atoms with E-state index < -0.39 is 12.1 Å².